The van der Waals surface area contributed by atoms with Crippen LogP contribution in [0.15, 0.2) is 16.6 Å². The minimum Gasteiger partial charge on any atom is -0.350 e. The van der Waals surface area contributed by atoms with E-state index < -0.39 is 0 Å². The SMILES string of the molecule is CC(C)NC(=O)C1=CC=NC1. The molecule has 0 aromatic carbocycles. The number of carbonyl (C=O) groups is 1. The number of amides is 1. The van der Waals surface area contributed by atoms with Crippen LogP contribution >= 0.6 is 0 Å². The van der Waals surface area contributed by atoms with Crippen LogP contribution in [0.25, 0.3) is 0 Å². The highest BCUT2D eigenvalue weighted by Gasteiger charge is 2.10. The number of nitrogens with one attached hydrogen (secondary N) is 1. The molecule has 3 nitrogen and oxygen atoms in total. The first kappa shape index (κ1) is 7.98. The van der Waals surface area contributed by atoms with Crippen molar-refractivity contribution in [2.45, 2.75) is 19.9 Å². The molecule has 1 N–H and O–H groups in total. The van der Waals surface area contributed by atoms with Crippen LogP contribution in [0, 0.1) is 0 Å². The van der Waals surface area contributed by atoms with E-state index in [9.17, 15) is 4.79 Å². The number of rotatable bonds is 2. The van der Waals surface area contributed by atoms with E-state index in [2.05, 4.69) is 10.3 Å². The average molecular weight is 152 g/mol. The fourth-order valence-electron chi connectivity index (χ4n) is 0.849. The molecule has 1 amide bonds. The summed E-state index contributed by atoms with van der Waals surface area (Å²) in [6.07, 6.45) is 3.41. The van der Waals surface area contributed by atoms with Crippen molar-refractivity contribution in [2.24, 2.45) is 4.99 Å². The minimum atomic E-state index is -0.00231. The number of hydrogen-bond acceptors (Lipinski definition) is 2. The molecule has 0 saturated heterocycles. The minimum absolute atomic E-state index is 0.00231. The first-order chi connectivity index (χ1) is 5.20. The van der Waals surface area contributed by atoms with E-state index in [0.29, 0.717) is 6.54 Å². The van der Waals surface area contributed by atoms with Crippen molar-refractivity contribution in [1.82, 2.24) is 5.32 Å². The van der Waals surface area contributed by atoms with Crippen molar-refractivity contribution in [2.75, 3.05) is 6.54 Å². The second kappa shape index (κ2) is 3.32. The highest BCUT2D eigenvalue weighted by molar-refractivity contribution is 5.99. The summed E-state index contributed by atoms with van der Waals surface area (Å²) in [4.78, 5) is 15.1. The van der Waals surface area contributed by atoms with E-state index in [0.717, 1.165) is 5.57 Å². The fourth-order valence-corrected chi connectivity index (χ4v) is 0.849. The number of carbonyl (C=O) groups excluding carboxylic acids is 1. The predicted molar refractivity (Wildman–Crippen MR) is 44.7 cm³/mol. The van der Waals surface area contributed by atoms with E-state index in [-0.39, 0.29) is 11.9 Å². The molecule has 0 bridgehead atoms. The van der Waals surface area contributed by atoms with Gasteiger partial charge in [0.25, 0.3) is 0 Å². The van der Waals surface area contributed by atoms with E-state index in [1.54, 1.807) is 12.3 Å². The summed E-state index contributed by atoms with van der Waals surface area (Å²) < 4.78 is 0. The number of allylic oxidation sites excluding steroid dienone is 1. The standard InChI is InChI=1S/C8H12N2O/c1-6(2)10-8(11)7-3-4-9-5-7/h3-4,6H,5H2,1-2H3,(H,10,11). The van der Waals surface area contributed by atoms with Crippen LogP contribution < -0.4 is 5.32 Å². The molecule has 1 aliphatic heterocycles. The van der Waals surface area contributed by atoms with Gasteiger partial charge in [-0.3, -0.25) is 9.79 Å². The Hall–Kier alpha value is -1.12. The maximum atomic E-state index is 11.2. The summed E-state index contributed by atoms with van der Waals surface area (Å²) in [6.45, 7) is 4.40. The van der Waals surface area contributed by atoms with Crippen LogP contribution in [0.1, 0.15) is 13.8 Å². The summed E-state index contributed by atoms with van der Waals surface area (Å²) in [5, 5.41) is 2.80. The molecule has 1 aliphatic rings. The first-order valence-electron chi connectivity index (χ1n) is 3.70. The maximum absolute atomic E-state index is 11.2. The molecule has 0 aliphatic carbocycles. The fraction of sp³-hybridized carbons (Fsp3) is 0.500. The summed E-state index contributed by atoms with van der Waals surface area (Å²) >= 11 is 0. The summed E-state index contributed by atoms with van der Waals surface area (Å²) in [5.74, 6) is -0.00231. The molecule has 0 radical (unpaired) electrons. The van der Waals surface area contributed by atoms with Crippen LogP contribution in [-0.4, -0.2) is 24.7 Å². The Balaban J connectivity index is 2.43. The van der Waals surface area contributed by atoms with Gasteiger partial charge in [0.2, 0.25) is 5.91 Å². The Bertz CT molecular complexity index is 216. The topological polar surface area (TPSA) is 41.5 Å². The highest BCUT2D eigenvalue weighted by atomic mass is 16.1. The van der Waals surface area contributed by atoms with Crippen molar-refractivity contribution in [3.8, 4) is 0 Å². The van der Waals surface area contributed by atoms with Gasteiger partial charge in [-0.15, -0.1) is 0 Å². The number of aliphatic imine (C=N–C) groups is 1. The lowest BCUT2D eigenvalue weighted by molar-refractivity contribution is -0.117. The normalized spacial score (nSPS) is 15.4. The van der Waals surface area contributed by atoms with Crippen molar-refractivity contribution in [3.05, 3.63) is 11.6 Å². The molecule has 1 rings (SSSR count). The lowest BCUT2D eigenvalue weighted by Crippen LogP contribution is -2.31. The first-order valence-corrected chi connectivity index (χ1v) is 3.70. The molecule has 60 valence electrons. The number of hydrogen-bond donors (Lipinski definition) is 1. The zero-order valence-electron chi connectivity index (χ0n) is 6.79. The molecule has 0 saturated carbocycles. The van der Waals surface area contributed by atoms with Gasteiger partial charge in [-0.25, -0.2) is 0 Å². The molecular weight excluding hydrogens is 140 g/mol. The Labute approximate surface area is 66.2 Å². The Kier molecular flexibility index (Phi) is 2.41. The quantitative estimate of drug-likeness (QED) is 0.615. The third kappa shape index (κ3) is 2.18. The zero-order chi connectivity index (χ0) is 8.27. The molecule has 0 aromatic heterocycles. The Morgan fingerprint density at radius 2 is 2.45 bits per heavy atom. The van der Waals surface area contributed by atoms with Crippen molar-refractivity contribution >= 4 is 12.1 Å². The molecule has 1 heterocycles. The van der Waals surface area contributed by atoms with Gasteiger partial charge in [0.15, 0.2) is 0 Å². The monoisotopic (exact) mass is 152 g/mol. The third-order valence-corrected chi connectivity index (χ3v) is 1.35. The van der Waals surface area contributed by atoms with Crippen LogP contribution in [0.4, 0.5) is 0 Å². The Morgan fingerprint density at radius 3 is 2.91 bits per heavy atom. The van der Waals surface area contributed by atoms with E-state index in [4.69, 9.17) is 0 Å². The van der Waals surface area contributed by atoms with Crippen molar-refractivity contribution in [3.63, 3.8) is 0 Å². The number of nitrogens with zero attached hydrogens (tertiary/aromatic N) is 1. The molecule has 0 unspecified atom stereocenters. The van der Waals surface area contributed by atoms with Crippen LogP contribution in [0.5, 0.6) is 0 Å². The molecule has 0 spiro atoms. The summed E-state index contributed by atoms with van der Waals surface area (Å²) in [5.41, 5.74) is 0.749. The molecule has 3 heteroatoms. The lowest BCUT2D eigenvalue weighted by atomic mass is 10.2. The lowest BCUT2D eigenvalue weighted by Gasteiger charge is -2.07. The van der Waals surface area contributed by atoms with Gasteiger partial charge < -0.3 is 5.32 Å². The molecule has 0 fully saturated rings. The van der Waals surface area contributed by atoms with Crippen LogP contribution in [0.2, 0.25) is 0 Å². The second-order valence-corrected chi connectivity index (χ2v) is 2.81. The van der Waals surface area contributed by atoms with Crippen molar-refractivity contribution in [1.29, 1.82) is 0 Å². The van der Waals surface area contributed by atoms with Gasteiger partial charge in [0.1, 0.15) is 0 Å². The maximum Gasteiger partial charge on any atom is 0.249 e. The third-order valence-electron chi connectivity index (χ3n) is 1.35. The summed E-state index contributed by atoms with van der Waals surface area (Å²) in [7, 11) is 0. The van der Waals surface area contributed by atoms with Gasteiger partial charge in [0, 0.05) is 17.8 Å². The van der Waals surface area contributed by atoms with Crippen LogP contribution in [-0.2, 0) is 4.79 Å². The highest BCUT2D eigenvalue weighted by Crippen LogP contribution is 2.00. The predicted octanol–water partition coefficient (Wildman–Crippen LogP) is 0.522. The largest absolute Gasteiger partial charge is 0.350 e. The zero-order valence-corrected chi connectivity index (χ0v) is 6.79. The Morgan fingerprint density at radius 1 is 1.73 bits per heavy atom. The average Bonchev–Trinajstić information content (AvgIpc) is 2.35. The smallest absolute Gasteiger partial charge is 0.249 e. The van der Waals surface area contributed by atoms with E-state index >= 15 is 0 Å². The van der Waals surface area contributed by atoms with Gasteiger partial charge in [-0.05, 0) is 19.9 Å². The molecule has 0 aromatic rings. The second-order valence-electron chi connectivity index (χ2n) is 2.81. The van der Waals surface area contributed by atoms with Gasteiger partial charge in [-0.1, -0.05) is 0 Å². The van der Waals surface area contributed by atoms with Gasteiger partial charge >= 0.3 is 0 Å². The molecular formula is C8H12N2O. The van der Waals surface area contributed by atoms with Crippen LogP contribution in [0.3, 0.4) is 0 Å². The molecule has 0 atom stereocenters. The molecule has 11 heavy (non-hydrogen) atoms. The van der Waals surface area contributed by atoms with Gasteiger partial charge in [-0.2, -0.15) is 0 Å². The van der Waals surface area contributed by atoms with Gasteiger partial charge in [0.05, 0.1) is 6.54 Å². The summed E-state index contributed by atoms with van der Waals surface area (Å²) in [6, 6.07) is 0.198. The van der Waals surface area contributed by atoms with E-state index in [1.165, 1.54) is 0 Å². The van der Waals surface area contributed by atoms with E-state index in [1.807, 2.05) is 13.8 Å². The van der Waals surface area contributed by atoms with Crippen molar-refractivity contribution < 1.29 is 4.79 Å².